The summed E-state index contributed by atoms with van der Waals surface area (Å²) in [7, 11) is 0. The van der Waals surface area contributed by atoms with E-state index in [1.54, 1.807) is 15.9 Å². The summed E-state index contributed by atoms with van der Waals surface area (Å²) >= 11 is 1.37. The van der Waals surface area contributed by atoms with Gasteiger partial charge in [0.15, 0.2) is 16.7 Å². The summed E-state index contributed by atoms with van der Waals surface area (Å²) in [6.07, 6.45) is -0.663. The molecule has 0 radical (unpaired) electrons. The first-order valence-corrected chi connectivity index (χ1v) is 12.3. The van der Waals surface area contributed by atoms with Crippen LogP contribution in [0.1, 0.15) is 6.92 Å². The van der Waals surface area contributed by atoms with Gasteiger partial charge in [0, 0.05) is 32.2 Å². The second-order valence-electron chi connectivity index (χ2n) is 8.01. The topological polar surface area (TPSA) is 97.0 Å². The van der Waals surface area contributed by atoms with Gasteiger partial charge in [0.25, 0.3) is 5.91 Å². The van der Waals surface area contributed by atoms with E-state index < -0.39 is 6.10 Å². The Morgan fingerprint density at radius 1 is 1.12 bits per heavy atom. The van der Waals surface area contributed by atoms with E-state index in [9.17, 15) is 9.59 Å². The molecule has 34 heavy (non-hydrogen) atoms. The van der Waals surface area contributed by atoms with Gasteiger partial charge in [-0.25, -0.2) is 4.98 Å². The lowest BCUT2D eigenvalue weighted by Crippen LogP contribution is -2.55. The van der Waals surface area contributed by atoms with Crippen LogP contribution in [0.4, 0.5) is 0 Å². The average Bonchev–Trinajstić information content (AvgIpc) is 3.29. The molecule has 3 aromatic rings. The van der Waals surface area contributed by atoms with Crippen LogP contribution < -0.4 is 14.2 Å². The number of thioether (sulfide) groups is 1. The SMILES string of the molecule is CCOc1ccc2nc(SCC(=O)N3CCN(C(=O)[C@H]4COc5ccccc5O4)CC3)[nH]c2c1. The van der Waals surface area contributed by atoms with Crippen molar-refractivity contribution in [1.29, 1.82) is 0 Å². The first-order valence-electron chi connectivity index (χ1n) is 11.3. The number of H-pyrrole nitrogens is 1. The molecular weight excluding hydrogens is 456 g/mol. The number of benzene rings is 2. The Morgan fingerprint density at radius 2 is 1.88 bits per heavy atom. The van der Waals surface area contributed by atoms with Crippen LogP contribution in [0.3, 0.4) is 0 Å². The minimum absolute atomic E-state index is 0.0266. The molecule has 0 saturated carbocycles. The molecule has 1 saturated heterocycles. The minimum atomic E-state index is -0.663. The molecule has 5 rings (SSSR count). The number of fused-ring (bicyclic) bond motifs is 2. The number of para-hydroxylation sites is 2. The number of carbonyl (C=O) groups excluding carboxylic acids is 2. The smallest absolute Gasteiger partial charge is 0.267 e. The van der Waals surface area contributed by atoms with Crippen molar-refractivity contribution in [3.8, 4) is 17.2 Å². The molecule has 3 heterocycles. The zero-order valence-corrected chi connectivity index (χ0v) is 19.7. The molecule has 1 fully saturated rings. The summed E-state index contributed by atoms with van der Waals surface area (Å²) < 4.78 is 17.0. The van der Waals surface area contributed by atoms with Crippen molar-refractivity contribution in [3.63, 3.8) is 0 Å². The molecule has 0 bridgehead atoms. The zero-order valence-electron chi connectivity index (χ0n) is 18.9. The first kappa shape index (κ1) is 22.4. The van der Waals surface area contributed by atoms with Crippen LogP contribution in [-0.4, -0.2) is 82.8 Å². The molecular formula is C24H26N4O5S. The maximum Gasteiger partial charge on any atom is 0.267 e. The Bertz CT molecular complexity index is 1190. The zero-order chi connectivity index (χ0) is 23.5. The number of hydrogen-bond acceptors (Lipinski definition) is 7. The number of piperazine rings is 1. The summed E-state index contributed by atoms with van der Waals surface area (Å²) in [5.74, 6) is 2.22. The highest BCUT2D eigenvalue weighted by atomic mass is 32.2. The molecule has 10 heteroatoms. The van der Waals surface area contributed by atoms with Gasteiger partial charge in [-0.3, -0.25) is 9.59 Å². The molecule has 178 valence electrons. The monoisotopic (exact) mass is 482 g/mol. The van der Waals surface area contributed by atoms with Crippen molar-refractivity contribution in [2.45, 2.75) is 18.2 Å². The predicted octanol–water partition coefficient (Wildman–Crippen LogP) is 2.56. The summed E-state index contributed by atoms with van der Waals surface area (Å²) in [5, 5.41) is 0.695. The molecule has 0 spiro atoms. The lowest BCUT2D eigenvalue weighted by molar-refractivity contribution is -0.145. The van der Waals surface area contributed by atoms with Gasteiger partial charge in [0.05, 0.1) is 23.4 Å². The van der Waals surface area contributed by atoms with Crippen LogP contribution in [0, 0.1) is 0 Å². The fraction of sp³-hybridized carbons (Fsp3) is 0.375. The Kier molecular flexibility index (Phi) is 6.48. The third-order valence-corrected chi connectivity index (χ3v) is 6.66. The van der Waals surface area contributed by atoms with Gasteiger partial charge in [-0.2, -0.15) is 0 Å². The number of imidazole rings is 1. The number of hydrogen-bond donors (Lipinski definition) is 1. The van der Waals surface area contributed by atoms with Crippen LogP contribution in [0.15, 0.2) is 47.6 Å². The fourth-order valence-corrected chi connectivity index (χ4v) is 4.82. The van der Waals surface area contributed by atoms with E-state index in [1.807, 2.05) is 43.3 Å². The van der Waals surface area contributed by atoms with Crippen molar-refractivity contribution in [3.05, 3.63) is 42.5 Å². The summed E-state index contributed by atoms with van der Waals surface area (Å²) in [4.78, 5) is 36.9. The molecule has 2 aromatic carbocycles. The first-order chi connectivity index (χ1) is 16.6. The highest BCUT2D eigenvalue weighted by Crippen LogP contribution is 2.31. The number of aromatic amines is 1. The van der Waals surface area contributed by atoms with Gasteiger partial charge in [0.2, 0.25) is 12.0 Å². The molecule has 9 nitrogen and oxygen atoms in total. The molecule has 0 unspecified atom stereocenters. The van der Waals surface area contributed by atoms with E-state index in [4.69, 9.17) is 14.2 Å². The number of nitrogens with one attached hydrogen (secondary N) is 1. The Labute approximate surface area is 201 Å². The van der Waals surface area contributed by atoms with Crippen molar-refractivity contribution in [2.75, 3.05) is 45.1 Å². The predicted molar refractivity (Wildman–Crippen MR) is 127 cm³/mol. The second-order valence-corrected chi connectivity index (χ2v) is 8.98. The van der Waals surface area contributed by atoms with Gasteiger partial charge in [-0.05, 0) is 31.2 Å². The highest BCUT2D eigenvalue weighted by Gasteiger charge is 2.33. The molecule has 1 aromatic heterocycles. The van der Waals surface area contributed by atoms with Crippen molar-refractivity contribution >= 4 is 34.6 Å². The highest BCUT2D eigenvalue weighted by molar-refractivity contribution is 7.99. The van der Waals surface area contributed by atoms with Crippen molar-refractivity contribution in [2.24, 2.45) is 0 Å². The third-order valence-electron chi connectivity index (χ3n) is 5.80. The van der Waals surface area contributed by atoms with Gasteiger partial charge in [0.1, 0.15) is 12.4 Å². The van der Waals surface area contributed by atoms with Crippen molar-refractivity contribution < 1.29 is 23.8 Å². The van der Waals surface area contributed by atoms with E-state index in [-0.39, 0.29) is 24.2 Å². The van der Waals surface area contributed by atoms with Crippen LogP contribution in [0.25, 0.3) is 11.0 Å². The van der Waals surface area contributed by atoms with E-state index in [0.717, 1.165) is 16.8 Å². The number of nitrogens with zero attached hydrogens (tertiary/aromatic N) is 3. The Hall–Kier alpha value is -3.40. The summed E-state index contributed by atoms with van der Waals surface area (Å²) in [6.45, 7) is 4.67. The van der Waals surface area contributed by atoms with Crippen LogP contribution in [-0.2, 0) is 9.59 Å². The van der Waals surface area contributed by atoms with Gasteiger partial charge in [-0.15, -0.1) is 0 Å². The van der Waals surface area contributed by atoms with Crippen molar-refractivity contribution in [1.82, 2.24) is 19.8 Å². The van der Waals surface area contributed by atoms with Crippen LogP contribution in [0.5, 0.6) is 17.2 Å². The summed E-state index contributed by atoms with van der Waals surface area (Å²) in [5.41, 5.74) is 1.71. The van der Waals surface area contributed by atoms with E-state index in [0.29, 0.717) is 49.4 Å². The van der Waals surface area contributed by atoms with Crippen LogP contribution in [0.2, 0.25) is 0 Å². The molecule has 2 aliphatic rings. The molecule has 0 aliphatic carbocycles. The quantitative estimate of drug-likeness (QED) is 0.540. The van der Waals surface area contributed by atoms with Gasteiger partial charge < -0.3 is 29.0 Å². The fourth-order valence-electron chi connectivity index (χ4n) is 4.03. The second kappa shape index (κ2) is 9.84. The summed E-state index contributed by atoms with van der Waals surface area (Å²) in [6, 6.07) is 13.0. The molecule has 1 atom stereocenters. The molecule has 2 amide bonds. The minimum Gasteiger partial charge on any atom is -0.494 e. The number of amides is 2. The maximum atomic E-state index is 12.9. The van der Waals surface area contributed by atoms with Gasteiger partial charge >= 0.3 is 0 Å². The number of ether oxygens (including phenoxy) is 3. The number of aromatic nitrogens is 2. The van der Waals surface area contributed by atoms with E-state index in [2.05, 4.69) is 9.97 Å². The number of carbonyl (C=O) groups is 2. The van der Waals surface area contributed by atoms with E-state index >= 15 is 0 Å². The molecule has 2 aliphatic heterocycles. The Balaban J connectivity index is 1.11. The largest absolute Gasteiger partial charge is 0.494 e. The lowest BCUT2D eigenvalue weighted by atomic mass is 10.2. The maximum absolute atomic E-state index is 12.9. The third kappa shape index (κ3) is 4.77. The normalized spacial score (nSPS) is 17.6. The van der Waals surface area contributed by atoms with Gasteiger partial charge in [-0.1, -0.05) is 23.9 Å². The standard InChI is InChI=1S/C24H26N4O5S/c1-2-31-16-7-8-17-18(13-16)26-24(25-17)34-15-22(29)27-9-11-28(12-10-27)23(30)21-14-32-19-5-3-4-6-20(19)33-21/h3-8,13,21H,2,9-12,14-15H2,1H3,(H,25,26)/t21-/m1/s1. The Morgan fingerprint density at radius 3 is 2.68 bits per heavy atom. The lowest BCUT2D eigenvalue weighted by Gasteiger charge is -2.37. The number of rotatable bonds is 6. The van der Waals surface area contributed by atoms with E-state index in [1.165, 1.54) is 11.8 Å². The average molecular weight is 483 g/mol. The van der Waals surface area contributed by atoms with Crippen LogP contribution >= 0.6 is 11.8 Å². The molecule has 1 N–H and O–H groups in total.